The second-order valence-corrected chi connectivity index (χ2v) is 7.74. The molecule has 9 heteroatoms. The van der Waals surface area contributed by atoms with E-state index in [0.717, 1.165) is 16.9 Å². The van der Waals surface area contributed by atoms with Gasteiger partial charge in [0, 0.05) is 28.8 Å². The van der Waals surface area contributed by atoms with Gasteiger partial charge in [0.1, 0.15) is 5.69 Å². The molecule has 0 bridgehead atoms. The first-order valence-electron chi connectivity index (χ1n) is 9.08. The van der Waals surface area contributed by atoms with Gasteiger partial charge in [0.2, 0.25) is 5.91 Å². The lowest BCUT2D eigenvalue weighted by atomic mass is 10.2. The van der Waals surface area contributed by atoms with Crippen LogP contribution in [-0.2, 0) is 4.79 Å². The van der Waals surface area contributed by atoms with E-state index >= 15 is 0 Å². The molecule has 0 aliphatic rings. The molecule has 1 N–H and O–H groups in total. The maximum absolute atomic E-state index is 12.5. The van der Waals surface area contributed by atoms with Gasteiger partial charge in [-0.3, -0.25) is 14.3 Å². The summed E-state index contributed by atoms with van der Waals surface area (Å²) in [5, 5.41) is 12.7. The lowest BCUT2D eigenvalue weighted by Gasteiger charge is -2.10. The molecule has 0 aliphatic carbocycles. The molecule has 30 heavy (non-hydrogen) atoms. The van der Waals surface area contributed by atoms with Gasteiger partial charge in [-0.1, -0.05) is 41.6 Å². The van der Waals surface area contributed by atoms with Crippen LogP contribution < -0.4 is 5.32 Å². The first-order chi connectivity index (χ1) is 14.6. The fourth-order valence-corrected chi connectivity index (χ4v) is 3.82. The van der Waals surface area contributed by atoms with E-state index in [9.17, 15) is 4.79 Å². The summed E-state index contributed by atoms with van der Waals surface area (Å²) in [4.78, 5) is 21.0. The molecular weight excluding hydrogens is 420 g/mol. The van der Waals surface area contributed by atoms with Crippen molar-refractivity contribution in [3.63, 3.8) is 0 Å². The zero-order valence-corrected chi connectivity index (χ0v) is 17.6. The summed E-state index contributed by atoms with van der Waals surface area (Å²) in [6.45, 7) is 1.90. The number of benzene rings is 2. The van der Waals surface area contributed by atoms with Crippen molar-refractivity contribution in [2.24, 2.45) is 0 Å². The van der Waals surface area contributed by atoms with Gasteiger partial charge in [-0.05, 0) is 42.8 Å². The predicted octanol–water partition coefficient (Wildman–Crippen LogP) is 4.42. The van der Waals surface area contributed by atoms with E-state index in [4.69, 9.17) is 11.6 Å². The normalized spacial score (nSPS) is 10.7. The van der Waals surface area contributed by atoms with Crippen LogP contribution in [0.1, 0.15) is 5.56 Å². The van der Waals surface area contributed by atoms with Crippen LogP contribution in [0.3, 0.4) is 0 Å². The highest BCUT2D eigenvalue weighted by atomic mass is 35.5. The zero-order chi connectivity index (χ0) is 20.9. The quantitative estimate of drug-likeness (QED) is 0.450. The second-order valence-electron chi connectivity index (χ2n) is 6.36. The Morgan fingerprint density at radius 1 is 1.13 bits per heavy atom. The molecule has 2 heterocycles. The van der Waals surface area contributed by atoms with Crippen molar-refractivity contribution in [3.05, 3.63) is 77.7 Å². The van der Waals surface area contributed by atoms with E-state index in [1.165, 1.54) is 11.8 Å². The number of rotatable bonds is 6. The Morgan fingerprint density at radius 2 is 1.97 bits per heavy atom. The smallest absolute Gasteiger partial charge is 0.234 e. The number of carbonyl (C=O) groups is 1. The average molecular weight is 437 g/mol. The summed E-state index contributed by atoms with van der Waals surface area (Å²) in [6, 6.07) is 15.0. The SMILES string of the molecule is Cc1cc(Cl)ccc1NC(=O)CSc1nnc(-c2cnccn2)n1-c1ccccc1. The molecule has 2 aromatic heterocycles. The fourth-order valence-electron chi connectivity index (χ4n) is 2.84. The highest BCUT2D eigenvalue weighted by Crippen LogP contribution is 2.27. The highest BCUT2D eigenvalue weighted by molar-refractivity contribution is 7.99. The molecule has 150 valence electrons. The number of halogens is 1. The van der Waals surface area contributed by atoms with Gasteiger partial charge in [-0.15, -0.1) is 10.2 Å². The molecule has 0 saturated heterocycles. The molecule has 0 radical (unpaired) electrons. The van der Waals surface area contributed by atoms with Crippen LogP contribution in [0.5, 0.6) is 0 Å². The van der Waals surface area contributed by atoms with Crippen molar-refractivity contribution in [2.45, 2.75) is 12.1 Å². The van der Waals surface area contributed by atoms with E-state index < -0.39 is 0 Å². The van der Waals surface area contributed by atoms with Gasteiger partial charge in [-0.2, -0.15) is 0 Å². The second kappa shape index (κ2) is 9.06. The Labute approximate surface area is 182 Å². The van der Waals surface area contributed by atoms with Gasteiger partial charge in [0.05, 0.1) is 11.9 Å². The summed E-state index contributed by atoms with van der Waals surface area (Å²) < 4.78 is 1.87. The molecule has 0 fully saturated rings. The van der Waals surface area contributed by atoms with Gasteiger partial charge >= 0.3 is 0 Å². The lowest BCUT2D eigenvalue weighted by Crippen LogP contribution is -2.15. The maximum Gasteiger partial charge on any atom is 0.234 e. The van der Waals surface area contributed by atoms with E-state index in [1.54, 1.807) is 30.7 Å². The van der Waals surface area contributed by atoms with Crippen LogP contribution in [0, 0.1) is 6.92 Å². The third kappa shape index (κ3) is 4.50. The minimum atomic E-state index is -0.144. The number of nitrogens with one attached hydrogen (secondary N) is 1. The minimum absolute atomic E-state index is 0.144. The molecule has 0 saturated carbocycles. The molecule has 4 aromatic rings. The number of nitrogens with zero attached hydrogens (tertiary/aromatic N) is 5. The summed E-state index contributed by atoms with van der Waals surface area (Å²) in [5.41, 5.74) is 3.11. The number of hydrogen-bond donors (Lipinski definition) is 1. The van der Waals surface area contributed by atoms with Crippen molar-refractivity contribution in [1.29, 1.82) is 0 Å². The molecule has 0 spiro atoms. The molecular formula is C21H17ClN6OS. The van der Waals surface area contributed by atoms with Crippen molar-refractivity contribution in [1.82, 2.24) is 24.7 Å². The third-order valence-electron chi connectivity index (χ3n) is 4.23. The van der Waals surface area contributed by atoms with E-state index in [0.29, 0.717) is 21.7 Å². The highest BCUT2D eigenvalue weighted by Gasteiger charge is 2.18. The number of hydrogen-bond acceptors (Lipinski definition) is 6. The van der Waals surface area contributed by atoms with E-state index in [2.05, 4.69) is 25.5 Å². The Hall–Kier alpha value is -3.23. The number of amides is 1. The van der Waals surface area contributed by atoms with Crippen molar-refractivity contribution in [2.75, 3.05) is 11.1 Å². The number of carbonyl (C=O) groups excluding carboxylic acids is 1. The maximum atomic E-state index is 12.5. The van der Waals surface area contributed by atoms with Crippen LogP contribution in [0.15, 0.2) is 72.3 Å². The lowest BCUT2D eigenvalue weighted by molar-refractivity contribution is -0.113. The first kappa shape index (κ1) is 20.1. The Kier molecular flexibility index (Phi) is 6.06. The van der Waals surface area contributed by atoms with Crippen molar-refractivity contribution < 1.29 is 4.79 Å². The Morgan fingerprint density at radius 3 is 2.70 bits per heavy atom. The van der Waals surface area contributed by atoms with E-state index in [1.807, 2.05) is 47.9 Å². The molecule has 1 amide bonds. The zero-order valence-electron chi connectivity index (χ0n) is 16.0. The van der Waals surface area contributed by atoms with Crippen LogP contribution in [-0.4, -0.2) is 36.4 Å². The van der Waals surface area contributed by atoms with Gasteiger partial charge < -0.3 is 5.32 Å². The molecule has 0 atom stereocenters. The molecule has 0 aliphatic heterocycles. The summed E-state index contributed by atoms with van der Waals surface area (Å²) >= 11 is 7.28. The van der Waals surface area contributed by atoms with Crippen LogP contribution in [0.4, 0.5) is 5.69 Å². The molecule has 0 unspecified atom stereocenters. The summed E-state index contributed by atoms with van der Waals surface area (Å²) in [5.74, 6) is 0.591. The standard InChI is InChI=1S/C21H17ClN6OS/c1-14-11-15(22)7-8-17(14)25-19(29)13-30-21-27-26-20(18-12-23-9-10-24-18)28(21)16-5-3-2-4-6-16/h2-12H,13H2,1H3,(H,25,29). The van der Waals surface area contributed by atoms with E-state index in [-0.39, 0.29) is 11.7 Å². The van der Waals surface area contributed by atoms with Gasteiger partial charge in [0.15, 0.2) is 11.0 Å². The van der Waals surface area contributed by atoms with Crippen molar-refractivity contribution in [3.8, 4) is 17.2 Å². The molecule has 2 aromatic carbocycles. The minimum Gasteiger partial charge on any atom is -0.325 e. The Balaban J connectivity index is 1.57. The first-order valence-corrected chi connectivity index (χ1v) is 10.4. The topological polar surface area (TPSA) is 85.6 Å². The van der Waals surface area contributed by atoms with Gasteiger partial charge in [0.25, 0.3) is 0 Å². The van der Waals surface area contributed by atoms with Crippen LogP contribution >= 0.6 is 23.4 Å². The average Bonchev–Trinajstić information content (AvgIpc) is 3.19. The van der Waals surface area contributed by atoms with Crippen LogP contribution in [0.25, 0.3) is 17.2 Å². The number of anilines is 1. The monoisotopic (exact) mass is 436 g/mol. The third-order valence-corrected chi connectivity index (χ3v) is 5.40. The summed E-state index contributed by atoms with van der Waals surface area (Å²) in [7, 11) is 0. The Bertz CT molecular complexity index is 1170. The largest absolute Gasteiger partial charge is 0.325 e. The summed E-state index contributed by atoms with van der Waals surface area (Å²) in [6.07, 6.45) is 4.84. The number of para-hydroxylation sites is 1. The number of thioether (sulfide) groups is 1. The fraction of sp³-hybridized carbons (Fsp3) is 0.0952. The molecule has 7 nitrogen and oxygen atoms in total. The van der Waals surface area contributed by atoms with Crippen molar-refractivity contribution >= 4 is 35.0 Å². The molecule has 4 rings (SSSR count). The number of aromatic nitrogens is 5. The number of aryl methyl sites for hydroxylation is 1. The van der Waals surface area contributed by atoms with Gasteiger partial charge in [-0.25, -0.2) is 4.98 Å². The van der Waals surface area contributed by atoms with Crippen LogP contribution in [0.2, 0.25) is 5.02 Å². The predicted molar refractivity (Wildman–Crippen MR) is 118 cm³/mol.